The number of hydrogen-bond acceptors (Lipinski definition) is 3. The molecule has 8 heteroatoms. The fraction of sp³-hybridized carbons (Fsp3) is 0.333. The molecule has 2 aromatic carbocycles. The maximum absolute atomic E-state index is 12.6. The molecule has 0 spiro atoms. The van der Waals surface area contributed by atoms with Crippen LogP contribution in [0.15, 0.2) is 54.1 Å². The first-order chi connectivity index (χ1) is 13.7. The van der Waals surface area contributed by atoms with E-state index in [0.29, 0.717) is 16.3 Å². The molecule has 0 saturated carbocycles. The van der Waals surface area contributed by atoms with Crippen LogP contribution in [0.1, 0.15) is 23.6 Å². The highest BCUT2D eigenvalue weighted by molar-refractivity contribution is 7.84. The molecule has 0 bridgehead atoms. The van der Waals surface area contributed by atoms with Crippen LogP contribution in [0, 0.1) is 0 Å². The van der Waals surface area contributed by atoms with Gasteiger partial charge in [-0.1, -0.05) is 41.9 Å². The van der Waals surface area contributed by atoms with E-state index in [1.807, 2.05) is 12.1 Å². The molecule has 0 radical (unpaired) electrons. The van der Waals surface area contributed by atoms with E-state index in [9.17, 15) is 17.4 Å². The van der Waals surface area contributed by atoms with Crippen LogP contribution in [0.25, 0.3) is 6.08 Å². The van der Waals surface area contributed by atoms with Gasteiger partial charge in [-0.05, 0) is 47.9 Å². The first-order valence-corrected chi connectivity index (χ1v) is 10.7. The van der Waals surface area contributed by atoms with E-state index in [2.05, 4.69) is 0 Å². The van der Waals surface area contributed by atoms with Gasteiger partial charge in [-0.25, -0.2) is 0 Å². The van der Waals surface area contributed by atoms with Crippen LogP contribution in [-0.4, -0.2) is 29.0 Å². The molecule has 1 fully saturated rings. The molecule has 1 heterocycles. The molecule has 1 saturated heterocycles. The Hall–Kier alpha value is -1.67. The molecule has 156 valence electrons. The second kappa shape index (κ2) is 9.43. The number of rotatable bonds is 5. The van der Waals surface area contributed by atoms with E-state index >= 15 is 0 Å². The molecule has 0 N–H and O–H groups in total. The zero-order chi connectivity index (χ0) is 21.0. The SMILES string of the molecule is C/C(=C/c1ccc(C(F)(F)F)cc1)C1OCC(S(=O)Cc2ccc(Cl)cc2)CO1. The van der Waals surface area contributed by atoms with Gasteiger partial charge in [-0.2, -0.15) is 13.2 Å². The van der Waals surface area contributed by atoms with Crippen molar-refractivity contribution in [1.29, 1.82) is 0 Å². The quantitative estimate of drug-likeness (QED) is 0.615. The lowest BCUT2D eigenvalue weighted by Crippen LogP contribution is -2.39. The standard InChI is InChI=1S/C21H20ClF3O3S/c1-14(10-15-2-6-17(7-3-15)21(23,24)25)20-27-11-19(12-28-20)29(26)13-16-4-8-18(22)9-5-16/h2-10,19-20H,11-13H2,1H3/b14-10-. The minimum Gasteiger partial charge on any atom is -0.347 e. The van der Waals surface area contributed by atoms with Gasteiger partial charge >= 0.3 is 6.18 Å². The van der Waals surface area contributed by atoms with Crippen LogP contribution < -0.4 is 0 Å². The summed E-state index contributed by atoms with van der Waals surface area (Å²) < 4.78 is 61.9. The molecule has 0 aromatic heterocycles. The van der Waals surface area contributed by atoms with Crippen molar-refractivity contribution in [2.24, 2.45) is 0 Å². The average Bonchev–Trinajstić information content (AvgIpc) is 2.69. The highest BCUT2D eigenvalue weighted by Crippen LogP contribution is 2.29. The van der Waals surface area contributed by atoms with Crippen molar-refractivity contribution in [3.05, 3.63) is 75.8 Å². The Balaban J connectivity index is 1.54. The Kier molecular flexibility index (Phi) is 7.16. The first kappa shape index (κ1) is 22.0. The van der Waals surface area contributed by atoms with Gasteiger partial charge in [0.1, 0.15) is 0 Å². The van der Waals surface area contributed by atoms with E-state index in [4.69, 9.17) is 21.1 Å². The third-order valence-corrected chi connectivity index (χ3v) is 6.35. The maximum atomic E-state index is 12.6. The number of hydrogen-bond donors (Lipinski definition) is 0. The van der Waals surface area contributed by atoms with Crippen LogP contribution in [0.4, 0.5) is 13.2 Å². The van der Waals surface area contributed by atoms with E-state index in [0.717, 1.165) is 23.3 Å². The normalized spacial score (nSPS) is 21.8. The summed E-state index contributed by atoms with van der Waals surface area (Å²) in [7, 11) is -1.16. The van der Waals surface area contributed by atoms with Crippen molar-refractivity contribution in [1.82, 2.24) is 0 Å². The molecule has 1 unspecified atom stereocenters. The molecule has 3 rings (SSSR count). The van der Waals surface area contributed by atoms with Crippen LogP contribution in [-0.2, 0) is 32.2 Å². The molecular formula is C21H20ClF3O3S. The van der Waals surface area contributed by atoms with Crippen molar-refractivity contribution in [2.75, 3.05) is 13.2 Å². The molecular weight excluding hydrogens is 425 g/mol. The lowest BCUT2D eigenvalue weighted by molar-refractivity contribution is -0.152. The first-order valence-electron chi connectivity index (χ1n) is 8.92. The van der Waals surface area contributed by atoms with E-state index in [1.165, 1.54) is 12.1 Å². The van der Waals surface area contributed by atoms with Gasteiger partial charge in [0.05, 0.1) is 24.0 Å². The fourth-order valence-electron chi connectivity index (χ4n) is 2.86. The van der Waals surface area contributed by atoms with E-state index in [1.54, 1.807) is 25.1 Å². The van der Waals surface area contributed by atoms with Crippen LogP contribution >= 0.6 is 11.6 Å². The summed E-state index contributed by atoms with van der Waals surface area (Å²) in [6, 6.07) is 12.1. The number of alkyl halides is 3. The van der Waals surface area contributed by atoms with Crippen molar-refractivity contribution in [3.63, 3.8) is 0 Å². The molecule has 2 aromatic rings. The molecule has 29 heavy (non-hydrogen) atoms. The summed E-state index contributed by atoms with van der Waals surface area (Å²) in [5, 5.41) is 0.378. The highest BCUT2D eigenvalue weighted by atomic mass is 35.5. The Morgan fingerprint density at radius 3 is 2.24 bits per heavy atom. The number of ether oxygens (including phenoxy) is 2. The van der Waals surface area contributed by atoms with Gasteiger partial charge in [-0.3, -0.25) is 4.21 Å². The highest BCUT2D eigenvalue weighted by Gasteiger charge is 2.30. The lowest BCUT2D eigenvalue weighted by Gasteiger charge is -2.29. The number of halogens is 4. The van der Waals surface area contributed by atoms with Crippen molar-refractivity contribution in [2.45, 2.75) is 30.4 Å². The summed E-state index contributed by atoms with van der Waals surface area (Å²) in [4.78, 5) is 0. The topological polar surface area (TPSA) is 35.5 Å². The summed E-state index contributed by atoms with van der Waals surface area (Å²) in [5.74, 6) is 0.388. The Bertz CT molecular complexity index is 872. The third kappa shape index (κ3) is 6.15. The van der Waals surface area contributed by atoms with Gasteiger partial charge in [0.25, 0.3) is 0 Å². The van der Waals surface area contributed by atoms with Gasteiger partial charge in [-0.15, -0.1) is 0 Å². The predicted octanol–water partition coefficient (Wildman–Crippen LogP) is 5.45. The monoisotopic (exact) mass is 444 g/mol. The molecule has 3 nitrogen and oxygen atoms in total. The van der Waals surface area contributed by atoms with Crippen molar-refractivity contribution >= 4 is 28.5 Å². The minimum absolute atomic E-state index is 0.249. The summed E-state index contributed by atoms with van der Waals surface area (Å²) in [6.07, 6.45) is -3.25. The zero-order valence-corrected chi connectivity index (χ0v) is 17.2. The van der Waals surface area contributed by atoms with Crippen LogP contribution in [0.5, 0.6) is 0 Å². The van der Waals surface area contributed by atoms with Gasteiger partial charge in [0.15, 0.2) is 6.29 Å². The van der Waals surface area contributed by atoms with Crippen molar-refractivity contribution < 1.29 is 26.9 Å². The van der Waals surface area contributed by atoms with Gasteiger partial charge in [0, 0.05) is 21.6 Å². The van der Waals surface area contributed by atoms with E-state index in [-0.39, 0.29) is 18.5 Å². The summed E-state index contributed by atoms with van der Waals surface area (Å²) in [6.45, 7) is 2.35. The second-order valence-corrected chi connectivity index (χ2v) is 8.93. The van der Waals surface area contributed by atoms with E-state index < -0.39 is 28.8 Å². The van der Waals surface area contributed by atoms with Crippen molar-refractivity contribution in [3.8, 4) is 0 Å². The van der Waals surface area contributed by atoms with Crippen LogP contribution in [0.3, 0.4) is 0 Å². The Morgan fingerprint density at radius 2 is 1.69 bits per heavy atom. The molecule has 1 atom stereocenters. The predicted molar refractivity (Wildman–Crippen MR) is 108 cm³/mol. The number of benzene rings is 2. The summed E-state index contributed by atoms with van der Waals surface area (Å²) >= 11 is 5.86. The summed E-state index contributed by atoms with van der Waals surface area (Å²) in [5.41, 5.74) is 1.58. The second-order valence-electron chi connectivity index (χ2n) is 6.78. The lowest BCUT2D eigenvalue weighted by atomic mass is 10.1. The van der Waals surface area contributed by atoms with Gasteiger partial charge < -0.3 is 9.47 Å². The molecule has 0 amide bonds. The maximum Gasteiger partial charge on any atom is 0.416 e. The molecule has 0 aliphatic carbocycles. The average molecular weight is 445 g/mol. The molecule has 1 aliphatic rings. The van der Waals surface area contributed by atoms with Gasteiger partial charge in [0.2, 0.25) is 0 Å². The Morgan fingerprint density at radius 1 is 1.10 bits per heavy atom. The molecule has 1 aliphatic heterocycles. The fourth-order valence-corrected chi connectivity index (χ4v) is 4.21. The zero-order valence-electron chi connectivity index (χ0n) is 15.6. The largest absolute Gasteiger partial charge is 0.416 e. The minimum atomic E-state index is -4.36. The van der Waals surface area contributed by atoms with Crippen LogP contribution in [0.2, 0.25) is 5.02 Å². The Labute approximate surface area is 174 Å². The third-order valence-electron chi connectivity index (χ3n) is 4.47. The smallest absolute Gasteiger partial charge is 0.347 e.